The summed E-state index contributed by atoms with van der Waals surface area (Å²) in [5, 5.41) is 3.32. The quantitative estimate of drug-likeness (QED) is 0.759. The average molecular weight is 374 g/mol. The first-order chi connectivity index (χ1) is 12.6. The standard InChI is InChI=1S/C20H21ClN2O3/c21-16-6-7-18(17(14-16)20(25)15-4-2-1-3-5-15)22-19(24)8-9-23-10-12-26-13-11-23/h1-7,14H,8-13H2,(H,22,24)/p+1. The molecule has 0 saturated carbocycles. The third-order valence-corrected chi connectivity index (χ3v) is 4.68. The van der Waals surface area contributed by atoms with E-state index in [1.54, 1.807) is 42.5 Å². The van der Waals surface area contributed by atoms with E-state index in [0.29, 0.717) is 28.3 Å². The van der Waals surface area contributed by atoms with Crippen LogP contribution < -0.4 is 10.2 Å². The Hall–Kier alpha value is -2.21. The van der Waals surface area contributed by atoms with Gasteiger partial charge in [-0.1, -0.05) is 41.9 Å². The van der Waals surface area contributed by atoms with Gasteiger partial charge < -0.3 is 15.0 Å². The van der Waals surface area contributed by atoms with E-state index >= 15 is 0 Å². The van der Waals surface area contributed by atoms with Crippen LogP contribution >= 0.6 is 11.6 Å². The van der Waals surface area contributed by atoms with E-state index in [0.717, 1.165) is 32.8 Å². The highest BCUT2D eigenvalue weighted by Crippen LogP contribution is 2.23. The molecular formula is C20H22ClN2O3+. The molecule has 1 aliphatic heterocycles. The van der Waals surface area contributed by atoms with Crippen molar-refractivity contribution in [3.05, 3.63) is 64.7 Å². The van der Waals surface area contributed by atoms with Crippen molar-refractivity contribution in [1.82, 2.24) is 0 Å². The van der Waals surface area contributed by atoms with Gasteiger partial charge in [0.2, 0.25) is 5.91 Å². The van der Waals surface area contributed by atoms with Gasteiger partial charge in [-0.05, 0) is 18.2 Å². The Balaban J connectivity index is 1.69. The number of benzene rings is 2. The lowest BCUT2D eigenvalue weighted by Crippen LogP contribution is -3.14. The zero-order chi connectivity index (χ0) is 18.4. The number of quaternary nitrogens is 1. The van der Waals surface area contributed by atoms with Crippen LogP contribution in [0.15, 0.2) is 48.5 Å². The van der Waals surface area contributed by atoms with E-state index < -0.39 is 0 Å². The molecule has 1 fully saturated rings. The van der Waals surface area contributed by atoms with Crippen LogP contribution in [0.3, 0.4) is 0 Å². The van der Waals surface area contributed by atoms with Gasteiger partial charge in [0.15, 0.2) is 5.78 Å². The number of rotatable bonds is 6. The van der Waals surface area contributed by atoms with Gasteiger partial charge in [-0.2, -0.15) is 0 Å². The Bertz CT molecular complexity index is 774. The fourth-order valence-corrected chi connectivity index (χ4v) is 3.14. The lowest BCUT2D eigenvalue weighted by molar-refractivity contribution is -0.907. The molecule has 0 aliphatic carbocycles. The molecule has 0 atom stereocenters. The Morgan fingerprint density at radius 2 is 1.81 bits per heavy atom. The zero-order valence-electron chi connectivity index (χ0n) is 14.5. The number of carbonyl (C=O) groups is 2. The number of nitrogens with one attached hydrogen (secondary N) is 2. The van der Waals surface area contributed by atoms with Gasteiger partial charge in [0.25, 0.3) is 0 Å². The summed E-state index contributed by atoms with van der Waals surface area (Å²) in [6.45, 7) is 4.08. The van der Waals surface area contributed by atoms with Crippen molar-refractivity contribution in [2.45, 2.75) is 6.42 Å². The Labute approximate surface area is 157 Å². The van der Waals surface area contributed by atoms with Crippen LogP contribution in [-0.2, 0) is 9.53 Å². The fourth-order valence-electron chi connectivity index (χ4n) is 2.97. The van der Waals surface area contributed by atoms with Crippen LogP contribution in [0.5, 0.6) is 0 Å². The van der Waals surface area contributed by atoms with Gasteiger partial charge >= 0.3 is 0 Å². The minimum Gasteiger partial charge on any atom is -0.370 e. The van der Waals surface area contributed by atoms with Crippen molar-refractivity contribution in [2.24, 2.45) is 0 Å². The van der Waals surface area contributed by atoms with Crippen LogP contribution in [-0.4, -0.2) is 44.5 Å². The minimum absolute atomic E-state index is 0.103. The monoisotopic (exact) mass is 373 g/mol. The maximum atomic E-state index is 12.8. The molecule has 1 aliphatic rings. The maximum Gasteiger partial charge on any atom is 0.230 e. The Morgan fingerprint density at radius 3 is 2.54 bits per heavy atom. The molecule has 0 unspecified atom stereocenters. The molecule has 1 amide bonds. The highest BCUT2D eigenvalue weighted by Gasteiger charge is 2.18. The van der Waals surface area contributed by atoms with Gasteiger partial charge in [0.1, 0.15) is 13.1 Å². The summed E-state index contributed by atoms with van der Waals surface area (Å²) in [4.78, 5) is 26.5. The van der Waals surface area contributed by atoms with Crippen LogP contribution in [0.2, 0.25) is 5.02 Å². The smallest absolute Gasteiger partial charge is 0.230 e. The number of ether oxygens (including phenoxy) is 1. The molecule has 136 valence electrons. The first-order valence-electron chi connectivity index (χ1n) is 8.74. The number of carbonyl (C=O) groups excluding carboxylic acids is 2. The summed E-state index contributed by atoms with van der Waals surface area (Å²) in [7, 11) is 0. The van der Waals surface area contributed by atoms with Crippen molar-refractivity contribution >= 4 is 29.0 Å². The minimum atomic E-state index is -0.165. The number of amides is 1. The fraction of sp³-hybridized carbons (Fsp3) is 0.300. The Kier molecular flexibility index (Phi) is 6.39. The van der Waals surface area contributed by atoms with E-state index in [1.807, 2.05) is 6.07 Å². The molecule has 0 spiro atoms. The molecule has 0 radical (unpaired) electrons. The van der Waals surface area contributed by atoms with Gasteiger partial charge in [-0.3, -0.25) is 9.59 Å². The lowest BCUT2D eigenvalue weighted by Gasteiger charge is -2.23. The third-order valence-electron chi connectivity index (χ3n) is 4.44. The number of anilines is 1. The highest BCUT2D eigenvalue weighted by molar-refractivity contribution is 6.31. The molecule has 26 heavy (non-hydrogen) atoms. The molecular weight excluding hydrogens is 352 g/mol. The van der Waals surface area contributed by atoms with Crippen LogP contribution in [0.4, 0.5) is 5.69 Å². The normalized spacial score (nSPS) is 14.8. The second kappa shape index (κ2) is 8.94. The summed E-state index contributed by atoms with van der Waals surface area (Å²) in [5.41, 5.74) is 1.45. The molecule has 1 saturated heterocycles. The summed E-state index contributed by atoms with van der Waals surface area (Å²) < 4.78 is 5.33. The second-order valence-electron chi connectivity index (χ2n) is 6.30. The average Bonchev–Trinajstić information content (AvgIpc) is 2.69. The van der Waals surface area contributed by atoms with Crippen molar-refractivity contribution in [2.75, 3.05) is 38.2 Å². The van der Waals surface area contributed by atoms with Crippen molar-refractivity contribution in [3.8, 4) is 0 Å². The van der Waals surface area contributed by atoms with E-state index in [4.69, 9.17) is 16.3 Å². The molecule has 2 N–H and O–H groups in total. The molecule has 5 nitrogen and oxygen atoms in total. The van der Waals surface area contributed by atoms with Crippen LogP contribution in [0, 0.1) is 0 Å². The highest BCUT2D eigenvalue weighted by atomic mass is 35.5. The SMILES string of the molecule is O=C(CC[NH+]1CCOCC1)Nc1ccc(Cl)cc1C(=O)c1ccccc1. The number of hydrogen-bond acceptors (Lipinski definition) is 3. The molecule has 0 aromatic heterocycles. The topological polar surface area (TPSA) is 59.8 Å². The van der Waals surface area contributed by atoms with E-state index in [1.165, 1.54) is 4.90 Å². The van der Waals surface area contributed by atoms with Gasteiger partial charge in [0.05, 0.1) is 31.9 Å². The second-order valence-corrected chi connectivity index (χ2v) is 6.73. The van der Waals surface area contributed by atoms with E-state index in [2.05, 4.69) is 5.32 Å². The largest absolute Gasteiger partial charge is 0.370 e. The van der Waals surface area contributed by atoms with Crippen molar-refractivity contribution in [1.29, 1.82) is 0 Å². The number of ketones is 1. The summed E-state index contributed by atoms with van der Waals surface area (Å²) in [5.74, 6) is -0.268. The number of halogens is 1. The molecule has 2 aromatic rings. The van der Waals surface area contributed by atoms with Gasteiger partial charge in [-0.15, -0.1) is 0 Å². The molecule has 2 aromatic carbocycles. The molecule has 0 bridgehead atoms. The predicted octanol–water partition coefficient (Wildman–Crippen LogP) is 1.81. The molecule has 1 heterocycles. The number of hydrogen-bond donors (Lipinski definition) is 2. The van der Waals surface area contributed by atoms with Gasteiger partial charge in [0, 0.05) is 16.1 Å². The van der Waals surface area contributed by atoms with Crippen molar-refractivity contribution in [3.63, 3.8) is 0 Å². The maximum absolute atomic E-state index is 12.8. The van der Waals surface area contributed by atoms with E-state index in [-0.39, 0.29) is 11.7 Å². The first-order valence-corrected chi connectivity index (χ1v) is 9.12. The third kappa shape index (κ3) is 4.91. The lowest BCUT2D eigenvalue weighted by atomic mass is 10.0. The first kappa shape index (κ1) is 18.6. The van der Waals surface area contributed by atoms with Crippen LogP contribution in [0.1, 0.15) is 22.3 Å². The predicted molar refractivity (Wildman–Crippen MR) is 101 cm³/mol. The Morgan fingerprint density at radius 1 is 1.08 bits per heavy atom. The molecule has 6 heteroatoms. The van der Waals surface area contributed by atoms with Gasteiger partial charge in [-0.25, -0.2) is 0 Å². The summed E-state index contributed by atoms with van der Waals surface area (Å²) in [6.07, 6.45) is 0.400. The summed E-state index contributed by atoms with van der Waals surface area (Å²) in [6, 6.07) is 13.9. The summed E-state index contributed by atoms with van der Waals surface area (Å²) >= 11 is 6.07. The van der Waals surface area contributed by atoms with Crippen molar-refractivity contribution < 1.29 is 19.2 Å². The number of morpholine rings is 1. The van der Waals surface area contributed by atoms with E-state index in [9.17, 15) is 9.59 Å². The van der Waals surface area contributed by atoms with Crippen LogP contribution in [0.25, 0.3) is 0 Å². The zero-order valence-corrected chi connectivity index (χ0v) is 15.2. The molecule has 3 rings (SSSR count).